The Kier molecular flexibility index (Phi) is 4.79. The van der Waals surface area contributed by atoms with Gasteiger partial charge in [-0.1, -0.05) is 40.2 Å². The summed E-state index contributed by atoms with van der Waals surface area (Å²) >= 11 is 3.40. The first-order chi connectivity index (χ1) is 9.61. The highest BCUT2D eigenvalue weighted by Crippen LogP contribution is 2.20. The van der Waals surface area contributed by atoms with Crippen molar-refractivity contribution in [2.75, 3.05) is 14.2 Å². The monoisotopic (exact) mass is 333 g/mol. The maximum atomic E-state index is 12.4. The zero-order valence-electron chi connectivity index (χ0n) is 11.5. The maximum absolute atomic E-state index is 12.4. The van der Waals surface area contributed by atoms with E-state index in [2.05, 4.69) is 15.9 Å². The van der Waals surface area contributed by atoms with E-state index in [0.717, 1.165) is 10.0 Å². The number of para-hydroxylation sites is 1. The van der Waals surface area contributed by atoms with Crippen molar-refractivity contribution in [3.8, 4) is 5.75 Å². The lowest BCUT2D eigenvalue weighted by atomic mass is 10.1. The van der Waals surface area contributed by atoms with E-state index in [9.17, 15) is 4.79 Å². The fourth-order valence-electron chi connectivity index (χ4n) is 1.96. The van der Waals surface area contributed by atoms with Gasteiger partial charge in [0, 0.05) is 18.1 Å². The van der Waals surface area contributed by atoms with E-state index in [-0.39, 0.29) is 5.91 Å². The van der Waals surface area contributed by atoms with E-state index >= 15 is 0 Å². The third-order valence-electron chi connectivity index (χ3n) is 3.02. The Bertz CT molecular complexity index is 596. The van der Waals surface area contributed by atoms with Gasteiger partial charge in [-0.05, 0) is 29.8 Å². The van der Waals surface area contributed by atoms with E-state index in [0.29, 0.717) is 17.9 Å². The van der Waals surface area contributed by atoms with Gasteiger partial charge in [-0.15, -0.1) is 0 Å². The summed E-state index contributed by atoms with van der Waals surface area (Å²) in [5, 5.41) is 0. The van der Waals surface area contributed by atoms with Crippen molar-refractivity contribution in [3.05, 3.63) is 64.1 Å². The number of benzene rings is 2. The van der Waals surface area contributed by atoms with Crippen LogP contribution in [0.25, 0.3) is 0 Å². The molecule has 0 spiro atoms. The minimum absolute atomic E-state index is 0.0506. The molecule has 0 aromatic heterocycles. The molecule has 0 bridgehead atoms. The topological polar surface area (TPSA) is 29.5 Å². The lowest BCUT2D eigenvalue weighted by molar-refractivity contribution is 0.0781. The maximum Gasteiger partial charge on any atom is 0.257 e. The quantitative estimate of drug-likeness (QED) is 0.853. The van der Waals surface area contributed by atoms with Crippen molar-refractivity contribution in [1.82, 2.24) is 4.90 Å². The van der Waals surface area contributed by atoms with Crippen molar-refractivity contribution in [1.29, 1.82) is 0 Å². The lowest BCUT2D eigenvalue weighted by Crippen LogP contribution is -2.26. The summed E-state index contributed by atoms with van der Waals surface area (Å²) in [6.45, 7) is 0.560. The van der Waals surface area contributed by atoms with Crippen molar-refractivity contribution in [2.45, 2.75) is 6.54 Å². The number of ether oxygens (including phenoxy) is 1. The molecule has 4 heteroatoms. The number of amides is 1. The predicted octanol–water partition coefficient (Wildman–Crippen LogP) is 3.73. The van der Waals surface area contributed by atoms with Gasteiger partial charge in [0.25, 0.3) is 5.91 Å². The summed E-state index contributed by atoms with van der Waals surface area (Å²) < 4.78 is 6.26. The van der Waals surface area contributed by atoms with Gasteiger partial charge < -0.3 is 9.64 Å². The van der Waals surface area contributed by atoms with Crippen LogP contribution in [-0.4, -0.2) is 25.0 Å². The molecule has 0 fully saturated rings. The SMILES string of the molecule is COc1ccccc1C(=O)N(C)Cc1ccc(Br)cc1. The normalized spacial score (nSPS) is 10.2. The van der Waals surface area contributed by atoms with E-state index < -0.39 is 0 Å². The van der Waals surface area contributed by atoms with Crippen LogP contribution >= 0.6 is 15.9 Å². The molecule has 3 nitrogen and oxygen atoms in total. The van der Waals surface area contributed by atoms with Crippen molar-refractivity contribution < 1.29 is 9.53 Å². The second-order valence-electron chi connectivity index (χ2n) is 4.49. The van der Waals surface area contributed by atoms with Crippen LogP contribution in [0, 0.1) is 0 Å². The third-order valence-corrected chi connectivity index (χ3v) is 3.55. The Balaban J connectivity index is 2.14. The second-order valence-corrected chi connectivity index (χ2v) is 5.40. The number of carbonyl (C=O) groups is 1. The molecule has 2 aromatic carbocycles. The molecule has 0 aliphatic rings. The largest absolute Gasteiger partial charge is 0.496 e. The molecule has 0 heterocycles. The number of nitrogens with zero attached hydrogens (tertiary/aromatic N) is 1. The van der Waals surface area contributed by atoms with Crippen molar-refractivity contribution >= 4 is 21.8 Å². The molecule has 2 rings (SSSR count). The van der Waals surface area contributed by atoms with E-state index in [1.165, 1.54) is 0 Å². The van der Waals surface area contributed by atoms with Crippen LogP contribution < -0.4 is 4.74 Å². The van der Waals surface area contributed by atoms with Gasteiger partial charge >= 0.3 is 0 Å². The van der Waals surface area contributed by atoms with Gasteiger partial charge in [-0.2, -0.15) is 0 Å². The Labute approximate surface area is 127 Å². The van der Waals surface area contributed by atoms with Crippen LogP contribution in [-0.2, 0) is 6.54 Å². The summed E-state index contributed by atoms with van der Waals surface area (Å²) in [4.78, 5) is 14.1. The molecular weight excluding hydrogens is 318 g/mol. The van der Waals surface area contributed by atoms with E-state index in [1.807, 2.05) is 36.4 Å². The van der Waals surface area contributed by atoms with E-state index in [4.69, 9.17) is 4.74 Å². The Hall–Kier alpha value is -1.81. The molecular formula is C16H16BrNO2. The van der Waals surface area contributed by atoms with Gasteiger partial charge in [-0.25, -0.2) is 0 Å². The lowest BCUT2D eigenvalue weighted by Gasteiger charge is -2.18. The molecule has 1 amide bonds. The molecule has 0 saturated carbocycles. The number of rotatable bonds is 4. The van der Waals surface area contributed by atoms with Gasteiger partial charge in [0.1, 0.15) is 5.75 Å². The molecule has 0 N–H and O–H groups in total. The summed E-state index contributed by atoms with van der Waals surface area (Å²) in [5.41, 5.74) is 1.66. The molecule has 2 aromatic rings. The van der Waals surface area contributed by atoms with Crippen LogP contribution in [0.15, 0.2) is 53.0 Å². The number of hydrogen-bond acceptors (Lipinski definition) is 2. The molecule has 0 aliphatic carbocycles. The van der Waals surface area contributed by atoms with Gasteiger partial charge in [0.2, 0.25) is 0 Å². The van der Waals surface area contributed by atoms with Crippen LogP contribution in [0.3, 0.4) is 0 Å². The van der Waals surface area contributed by atoms with Crippen LogP contribution in [0.2, 0.25) is 0 Å². The Morgan fingerprint density at radius 3 is 2.45 bits per heavy atom. The first-order valence-corrected chi connectivity index (χ1v) is 7.04. The van der Waals surface area contributed by atoms with Crippen LogP contribution in [0.4, 0.5) is 0 Å². The number of methoxy groups -OCH3 is 1. The zero-order chi connectivity index (χ0) is 14.5. The molecule has 0 unspecified atom stereocenters. The molecule has 0 aliphatic heterocycles. The number of hydrogen-bond donors (Lipinski definition) is 0. The fourth-order valence-corrected chi connectivity index (χ4v) is 2.23. The Morgan fingerprint density at radius 1 is 1.15 bits per heavy atom. The molecule has 0 saturated heterocycles. The third kappa shape index (κ3) is 3.39. The first kappa shape index (κ1) is 14.6. The highest BCUT2D eigenvalue weighted by atomic mass is 79.9. The van der Waals surface area contributed by atoms with Gasteiger partial charge in [0.05, 0.1) is 12.7 Å². The summed E-state index contributed by atoms with van der Waals surface area (Å²) in [7, 11) is 3.36. The summed E-state index contributed by atoms with van der Waals surface area (Å²) in [6.07, 6.45) is 0. The Morgan fingerprint density at radius 2 is 1.80 bits per heavy atom. The van der Waals surface area contributed by atoms with E-state index in [1.54, 1.807) is 31.2 Å². The highest BCUT2D eigenvalue weighted by Gasteiger charge is 2.16. The fraction of sp³-hybridized carbons (Fsp3) is 0.188. The minimum Gasteiger partial charge on any atom is -0.496 e. The molecule has 20 heavy (non-hydrogen) atoms. The highest BCUT2D eigenvalue weighted by molar-refractivity contribution is 9.10. The number of halogens is 1. The zero-order valence-corrected chi connectivity index (χ0v) is 13.1. The predicted molar refractivity (Wildman–Crippen MR) is 82.9 cm³/mol. The van der Waals surface area contributed by atoms with Crippen molar-refractivity contribution in [3.63, 3.8) is 0 Å². The molecule has 0 atom stereocenters. The number of carbonyl (C=O) groups excluding carboxylic acids is 1. The average molecular weight is 334 g/mol. The standard InChI is InChI=1S/C16H16BrNO2/c1-18(11-12-7-9-13(17)10-8-12)16(19)14-5-3-4-6-15(14)20-2/h3-10H,11H2,1-2H3. The summed E-state index contributed by atoms with van der Waals surface area (Å²) in [5.74, 6) is 0.547. The minimum atomic E-state index is -0.0506. The second kappa shape index (κ2) is 6.57. The van der Waals surface area contributed by atoms with Gasteiger partial charge in [-0.3, -0.25) is 4.79 Å². The summed E-state index contributed by atoms with van der Waals surface area (Å²) in [6, 6.07) is 15.2. The molecule has 104 valence electrons. The van der Waals surface area contributed by atoms with Crippen LogP contribution in [0.1, 0.15) is 15.9 Å². The van der Waals surface area contributed by atoms with Crippen LogP contribution in [0.5, 0.6) is 5.75 Å². The average Bonchev–Trinajstić information content (AvgIpc) is 2.48. The molecule has 0 radical (unpaired) electrons. The van der Waals surface area contributed by atoms with Gasteiger partial charge in [0.15, 0.2) is 0 Å². The smallest absolute Gasteiger partial charge is 0.257 e. The van der Waals surface area contributed by atoms with Crippen molar-refractivity contribution in [2.24, 2.45) is 0 Å². The first-order valence-electron chi connectivity index (χ1n) is 6.24.